The fourth-order valence-corrected chi connectivity index (χ4v) is 2.31. The van der Waals surface area contributed by atoms with Crippen molar-refractivity contribution in [3.8, 4) is 17.3 Å². The van der Waals surface area contributed by atoms with Crippen LogP contribution in [0.3, 0.4) is 0 Å². The molecule has 1 N–H and O–H groups in total. The lowest BCUT2D eigenvalue weighted by atomic mass is 10.1. The van der Waals surface area contributed by atoms with Crippen molar-refractivity contribution >= 4 is 0 Å². The molecule has 2 aromatic rings. The maximum absolute atomic E-state index is 9.22. The van der Waals surface area contributed by atoms with E-state index in [2.05, 4.69) is 20.9 Å². The fourth-order valence-electron chi connectivity index (χ4n) is 2.31. The van der Waals surface area contributed by atoms with Crippen LogP contribution in [0.2, 0.25) is 0 Å². The number of hydrogen-bond acceptors (Lipinski definition) is 3. The van der Waals surface area contributed by atoms with E-state index in [1.165, 1.54) is 5.69 Å². The van der Waals surface area contributed by atoms with Crippen LogP contribution < -0.4 is 5.32 Å². The van der Waals surface area contributed by atoms with Gasteiger partial charge in [-0.25, -0.2) is 0 Å². The first-order valence-electron chi connectivity index (χ1n) is 5.64. The summed E-state index contributed by atoms with van der Waals surface area (Å²) in [5, 5.41) is 12.5. The molecule has 0 unspecified atom stereocenters. The van der Waals surface area contributed by atoms with Gasteiger partial charge in [-0.2, -0.15) is 5.26 Å². The van der Waals surface area contributed by atoms with Gasteiger partial charge in [-0.1, -0.05) is 0 Å². The van der Waals surface area contributed by atoms with Crippen LogP contribution in [0.5, 0.6) is 0 Å². The third kappa shape index (κ3) is 1.61. The lowest BCUT2D eigenvalue weighted by Gasteiger charge is -2.19. The SMILES string of the molecule is N#Cc1cc2n(c1-c1cccnc1)CCNC2. The molecule has 0 saturated carbocycles. The Balaban J connectivity index is 2.22. The molecule has 4 nitrogen and oxygen atoms in total. The average molecular weight is 224 g/mol. The van der Waals surface area contributed by atoms with E-state index < -0.39 is 0 Å². The molecule has 84 valence electrons. The number of nitrogens with zero attached hydrogens (tertiary/aromatic N) is 3. The van der Waals surface area contributed by atoms with Gasteiger partial charge >= 0.3 is 0 Å². The highest BCUT2D eigenvalue weighted by molar-refractivity contribution is 5.68. The third-order valence-corrected chi connectivity index (χ3v) is 3.06. The molecule has 1 aliphatic heterocycles. The maximum atomic E-state index is 9.22. The summed E-state index contributed by atoms with van der Waals surface area (Å²) in [6.45, 7) is 2.68. The number of nitriles is 1. The smallest absolute Gasteiger partial charge is 0.101 e. The molecule has 3 rings (SSSR count). The minimum absolute atomic E-state index is 0.733. The zero-order valence-corrected chi connectivity index (χ0v) is 9.35. The van der Waals surface area contributed by atoms with Gasteiger partial charge in [-0.05, 0) is 18.2 Å². The number of hydrogen-bond donors (Lipinski definition) is 1. The van der Waals surface area contributed by atoms with Crippen molar-refractivity contribution in [3.05, 3.63) is 41.9 Å². The summed E-state index contributed by atoms with van der Waals surface area (Å²) in [6.07, 6.45) is 3.56. The highest BCUT2D eigenvalue weighted by Crippen LogP contribution is 2.27. The molecule has 0 amide bonds. The Bertz CT molecular complexity index is 577. The topological polar surface area (TPSA) is 53.6 Å². The maximum Gasteiger partial charge on any atom is 0.101 e. The van der Waals surface area contributed by atoms with Crippen molar-refractivity contribution in [2.45, 2.75) is 13.1 Å². The molecule has 0 aliphatic carbocycles. The van der Waals surface area contributed by atoms with E-state index in [1.807, 2.05) is 24.4 Å². The highest BCUT2D eigenvalue weighted by Gasteiger charge is 2.18. The Labute approximate surface area is 99.5 Å². The largest absolute Gasteiger partial charge is 0.341 e. The number of pyridine rings is 1. The Morgan fingerprint density at radius 3 is 3.18 bits per heavy atom. The Morgan fingerprint density at radius 1 is 1.47 bits per heavy atom. The molecular weight excluding hydrogens is 212 g/mol. The average Bonchev–Trinajstić information content (AvgIpc) is 2.78. The summed E-state index contributed by atoms with van der Waals surface area (Å²) in [4.78, 5) is 4.13. The van der Waals surface area contributed by atoms with Gasteiger partial charge in [0.05, 0.1) is 11.3 Å². The molecule has 2 aromatic heterocycles. The van der Waals surface area contributed by atoms with E-state index in [0.29, 0.717) is 0 Å². The molecule has 1 aliphatic rings. The summed E-state index contributed by atoms with van der Waals surface area (Å²) in [7, 11) is 0. The van der Waals surface area contributed by atoms with Gasteiger partial charge in [-0.3, -0.25) is 4.98 Å². The number of rotatable bonds is 1. The van der Waals surface area contributed by atoms with E-state index in [1.54, 1.807) is 6.20 Å². The van der Waals surface area contributed by atoms with Crippen molar-refractivity contribution in [1.29, 1.82) is 5.26 Å². The molecule has 0 bridgehead atoms. The Morgan fingerprint density at radius 2 is 2.41 bits per heavy atom. The predicted octanol–water partition coefficient (Wildman–Crippen LogP) is 1.52. The van der Waals surface area contributed by atoms with Gasteiger partial charge < -0.3 is 9.88 Å². The second kappa shape index (κ2) is 4.04. The summed E-state index contributed by atoms with van der Waals surface area (Å²) in [5.41, 5.74) is 3.91. The summed E-state index contributed by atoms with van der Waals surface area (Å²) in [6, 6.07) is 8.14. The lowest BCUT2D eigenvalue weighted by Crippen LogP contribution is -2.27. The zero-order valence-electron chi connectivity index (χ0n) is 9.35. The normalized spacial score (nSPS) is 14.1. The minimum atomic E-state index is 0.733. The first-order valence-corrected chi connectivity index (χ1v) is 5.64. The van der Waals surface area contributed by atoms with E-state index in [9.17, 15) is 5.26 Å². The molecule has 0 aromatic carbocycles. The van der Waals surface area contributed by atoms with Gasteiger partial charge in [-0.15, -0.1) is 0 Å². The van der Waals surface area contributed by atoms with Crippen LogP contribution in [0, 0.1) is 11.3 Å². The van der Waals surface area contributed by atoms with Crippen molar-refractivity contribution in [1.82, 2.24) is 14.9 Å². The molecule has 4 heteroatoms. The number of nitrogens with one attached hydrogen (secondary N) is 1. The van der Waals surface area contributed by atoms with Crippen molar-refractivity contribution in [2.24, 2.45) is 0 Å². The Kier molecular flexibility index (Phi) is 2.39. The lowest BCUT2D eigenvalue weighted by molar-refractivity contribution is 0.520. The summed E-state index contributed by atoms with van der Waals surface area (Å²) in [5.74, 6) is 0. The van der Waals surface area contributed by atoms with E-state index in [-0.39, 0.29) is 0 Å². The first-order chi connectivity index (χ1) is 8.40. The van der Waals surface area contributed by atoms with Crippen LogP contribution in [0.15, 0.2) is 30.6 Å². The first kappa shape index (κ1) is 10.1. The predicted molar refractivity (Wildman–Crippen MR) is 64.1 cm³/mol. The molecular formula is C13H12N4. The highest BCUT2D eigenvalue weighted by atomic mass is 15.1. The van der Waals surface area contributed by atoms with Crippen LogP contribution in [-0.2, 0) is 13.1 Å². The van der Waals surface area contributed by atoms with E-state index in [0.717, 1.165) is 36.5 Å². The Hall–Kier alpha value is -2.12. The van der Waals surface area contributed by atoms with Gasteiger partial charge in [0.15, 0.2) is 0 Å². The van der Waals surface area contributed by atoms with Gasteiger partial charge in [0, 0.05) is 43.3 Å². The van der Waals surface area contributed by atoms with Crippen LogP contribution in [0.1, 0.15) is 11.3 Å². The van der Waals surface area contributed by atoms with Gasteiger partial charge in [0.1, 0.15) is 6.07 Å². The molecule has 3 heterocycles. The standard InChI is InChI=1S/C13H12N4/c14-7-11-6-12-9-16-4-5-17(12)13(11)10-2-1-3-15-8-10/h1-3,6,8,16H,4-5,9H2. The molecule has 0 atom stereocenters. The van der Waals surface area contributed by atoms with Gasteiger partial charge in [0.25, 0.3) is 0 Å². The van der Waals surface area contributed by atoms with Crippen molar-refractivity contribution in [2.75, 3.05) is 6.54 Å². The van der Waals surface area contributed by atoms with Gasteiger partial charge in [0.2, 0.25) is 0 Å². The molecule has 17 heavy (non-hydrogen) atoms. The summed E-state index contributed by atoms with van der Waals surface area (Å²) < 4.78 is 2.21. The zero-order chi connectivity index (χ0) is 11.7. The van der Waals surface area contributed by atoms with E-state index >= 15 is 0 Å². The monoisotopic (exact) mass is 224 g/mol. The second-order valence-electron chi connectivity index (χ2n) is 4.08. The molecule has 0 spiro atoms. The minimum Gasteiger partial charge on any atom is -0.341 e. The van der Waals surface area contributed by atoms with Crippen molar-refractivity contribution in [3.63, 3.8) is 0 Å². The number of fused-ring (bicyclic) bond motifs is 1. The second-order valence-corrected chi connectivity index (χ2v) is 4.08. The third-order valence-electron chi connectivity index (χ3n) is 3.06. The van der Waals surface area contributed by atoms with Crippen LogP contribution >= 0.6 is 0 Å². The fraction of sp³-hybridized carbons (Fsp3) is 0.231. The molecule has 0 radical (unpaired) electrons. The van der Waals surface area contributed by atoms with Crippen LogP contribution in [-0.4, -0.2) is 16.1 Å². The van der Waals surface area contributed by atoms with Crippen molar-refractivity contribution < 1.29 is 0 Å². The number of aromatic nitrogens is 2. The van der Waals surface area contributed by atoms with E-state index in [4.69, 9.17) is 0 Å². The molecule has 0 fully saturated rings. The summed E-state index contributed by atoms with van der Waals surface area (Å²) >= 11 is 0. The molecule has 0 saturated heterocycles. The van der Waals surface area contributed by atoms with Crippen LogP contribution in [0.25, 0.3) is 11.3 Å². The quantitative estimate of drug-likeness (QED) is 0.799. The van der Waals surface area contributed by atoms with Crippen LogP contribution in [0.4, 0.5) is 0 Å².